The fourth-order valence-corrected chi connectivity index (χ4v) is 1.52. The summed E-state index contributed by atoms with van der Waals surface area (Å²) in [4.78, 5) is 0. The third kappa shape index (κ3) is 4.77. The van der Waals surface area contributed by atoms with Gasteiger partial charge in [-0.25, -0.2) is 0 Å². The Kier molecular flexibility index (Phi) is 5.33. The minimum atomic E-state index is -4.22. The van der Waals surface area contributed by atoms with Gasteiger partial charge < -0.3 is 0 Å². The van der Waals surface area contributed by atoms with Crippen molar-refractivity contribution in [2.45, 2.75) is 20.0 Å². The molecule has 4 heteroatoms. The van der Waals surface area contributed by atoms with Crippen molar-refractivity contribution in [1.82, 2.24) is 0 Å². The van der Waals surface area contributed by atoms with Crippen LogP contribution < -0.4 is 0 Å². The Morgan fingerprint density at radius 2 is 1.45 bits per heavy atom. The van der Waals surface area contributed by atoms with Gasteiger partial charge in [-0.15, -0.1) is 0 Å². The molecule has 0 amide bonds. The maximum absolute atomic E-state index is 12.0. The standard InChI is InChI=1S/C8H7F3.C8H7N/c1-6-4-2-3-5-7(6)8(9,10)11;1-7-2-4-8(6-9)5-3-7/h2-5H,1H3;2-5H,1H3. The molecule has 2 aromatic rings. The van der Waals surface area contributed by atoms with Crippen molar-refractivity contribution in [3.05, 3.63) is 70.8 Å². The van der Waals surface area contributed by atoms with E-state index in [1.165, 1.54) is 24.6 Å². The SMILES string of the molecule is Cc1ccc(C#N)cc1.Cc1ccccc1C(F)(F)F. The lowest BCUT2D eigenvalue weighted by Crippen LogP contribution is -2.06. The molecule has 0 spiro atoms. The molecule has 0 atom stereocenters. The van der Waals surface area contributed by atoms with Crippen LogP contribution in [0.15, 0.2) is 48.5 Å². The monoisotopic (exact) mass is 277 g/mol. The van der Waals surface area contributed by atoms with E-state index < -0.39 is 11.7 Å². The number of rotatable bonds is 0. The first kappa shape index (κ1) is 15.8. The van der Waals surface area contributed by atoms with Crippen molar-refractivity contribution in [3.63, 3.8) is 0 Å². The molecule has 2 rings (SSSR count). The second kappa shape index (κ2) is 6.76. The quantitative estimate of drug-likeness (QED) is 0.673. The Morgan fingerprint density at radius 3 is 1.85 bits per heavy atom. The van der Waals surface area contributed by atoms with Gasteiger partial charge in [-0.2, -0.15) is 18.4 Å². The van der Waals surface area contributed by atoms with Gasteiger partial charge in [0.15, 0.2) is 0 Å². The van der Waals surface area contributed by atoms with Gasteiger partial charge in [-0.3, -0.25) is 0 Å². The van der Waals surface area contributed by atoms with Crippen LogP contribution in [-0.2, 0) is 6.18 Å². The molecule has 0 aliphatic rings. The van der Waals surface area contributed by atoms with Gasteiger partial charge in [-0.05, 0) is 37.6 Å². The predicted octanol–water partition coefficient (Wildman–Crippen LogP) is 4.88. The molecule has 0 aliphatic heterocycles. The van der Waals surface area contributed by atoms with Crippen molar-refractivity contribution in [2.24, 2.45) is 0 Å². The molecule has 0 fully saturated rings. The molecular formula is C16H14F3N. The van der Waals surface area contributed by atoms with E-state index in [2.05, 4.69) is 6.07 Å². The van der Waals surface area contributed by atoms with Gasteiger partial charge in [0, 0.05) is 0 Å². The number of benzene rings is 2. The molecule has 20 heavy (non-hydrogen) atoms. The van der Waals surface area contributed by atoms with E-state index in [0.717, 1.165) is 11.6 Å². The third-order valence-corrected chi connectivity index (χ3v) is 2.63. The van der Waals surface area contributed by atoms with Gasteiger partial charge in [0.1, 0.15) is 0 Å². The fraction of sp³-hybridized carbons (Fsp3) is 0.188. The van der Waals surface area contributed by atoms with E-state index in [1.54, 1.807) is 6.07 Å². The molecule has 0 saturated carbocycles. The molecule has 104 valence electrons. The van der Waals surface area contributed by atoms with Crippen LogP contribution in [0, 0.1) is 25.2 Å². The summed E-state index contributed by atoms with van der Waals surface area (Å²) in [5.74, 6) is 0. The van der Waals surface area contributed by atoms with Crippen LogP contribution in [0.2, 0.25) is 0 Å². The molecule has 0 saturated heterocycles. The summed E-state index contributed by atoms with van der Waals surface area (Å²) < 4.78 is 36.1. The minimum Gasteiger partial charge on any atom is -0.192 e. The van der Waals surface area contributed by atoms with Crippen molar-refractivity contribution >= 4 is 0 Å². The number of hydrogen-bond acceptors (Lipinski definition) is 1. The van der Waals surface area contributed by atoms with Crippen molar-refractivity contribution in [2.75, 3.05) is 0 Å². The Labute approximate surface area is 116 Å². The topological polar surface area (TPSA) is 23.8 Å². The molecule has 0 unspecified atom stereocenters. The molecule has 2 aromatic carbocycles. The molecule has 0 heterocycles. The van der Waals surface area contributed by atoms with Gasteiger partial charge in [0.25, 0.3) is 0 Å². The van der Waals surface area contributed by atoms with Gasteiger partial charge in [0.05, 0.1) is 17.2 Å². The second-order valence-electron chi connectivity index (χ2n) is 4.29. The zero-order valence-electron chi connectivity index (χ0n) is 11.2. The van der Waals surface area contributed by atoms with E-state index in [0.29, 0.717) is 0 Å². The maximum Gasteiger partial charge on any atom is 0.416 e. The molecule has 0 aliphatic carbocycles. The normalized spacial score (nSPS) is 10.2. The smallest absolute Gasteiger partial charge is 0.192 e. The summed E-state index contributed by atoms with van der Waals surface area (Å²) in [6, 6.07) is 15.0. The highest BCUT2D eigenvalue weighted by atomic mass is 19.4. The Bertz CT molecular complexity index is 592. The van der Waals surface area contributed by atoms with E-state index in [1.807, 2.05) is 31.2 Å². The predicted molar refractivity (Wildman–Crippen MR) is 72.1 cm³/mol. The van der Waals surface area contributed by atoms with E-state index in [-0.39, 0.29) is 5.56 Å². The van der Waals surface area contributed by atoms with Crippen LogP contribution in [0.1, 0.15) is 22.3 Å². The zero-order valence-corrected chi connectivity index (χ0v) is 11.2. The fourth-order valence-electron chi connectivity index (χ4n) is 1.52. The largest absolute Gasteiger partial charge is 0.416 e. The molecule has 0 N–H and O–H groups in total. The van der Waals surface area contributed by atoms with Crippen molar-refractivity contribution in [3.8, 4) is 6.07 Å². The molecule has 1 nitrogen and oxygen atoms in total. The highest BCUT2D eigenvalue weighted by Crippen LogP contribution is 2.31. The lowest BCUT2D eigenvalue weighted by atomic mass is 10.1. The summed E-state index contributed by atoms with van der Waals surface area (Å²) in [7, 11) is 0. The van der Waals surface area contributed by atoms with Gasteiger partial charge >= 0.3 is 6.18 Å². The summed E-state index contributed by atoms with van der Waals surface area (Å²) in [6.45, 7) is 3.45. The molecular weight excluding hydrogens is 263 g/mol. The lowest BCUT2D eigenvalue weighted by molar-refractivity contribution is -0.138. The first-order valence-electron chi connectivity index (χ1n) is 5.94. The summed E-state index contributed by atoms with van der Waals surface area (Å²) >= 11 is 0. The lowest BCUT2D eigenvalue weighted by Gasteiger charge is -2.08. The number of aryl methyl sites for hydroxylation is 2. The molecule has 0 bridgehead atoms. The molecule has 0 radical (unpaired) electrons. The van der Waals surface area contributed by atoms with Crippen LogP contribution in [0.3, 0.4) is 0 Å². The van der Waals surface area contributed by atoms with Crippen LogP contribution in [0.4, 0.5) is 13.2 Å². The van der Waals surface area contributed by atoms with Crippen LogP contribution in [0.25, 0.3) is 0 Å². The first-order chi connectivity index (χ1) is 9.34. The van der Waals surface area contributed by atoms with E-state index >= 15 is 0 Å². The Balaban J connectivity index is 0.000000204. The average Bonchev–Trinajstić information content (AvgIpc) is 2.39. The number of nitrogens with zero attached hydrogens (tertiary/aromatic N) is 1. The Morgan fingerprint density at radius 1 is 0.900 bits per heavy atom. The van der Waals surface area contributed by atoms with Crippen LogP contribution >= 0.6 is 0 Å². The summed E-state index contributed by atoms with van der Waals surface area (Å²) in [5.41, 5.74) is 1.62. The third-order valence-electron chi connectivity index (χ3n) is 2.63. The summed E-state index contributed by atoms with van der Waals surface area (Å²) in [6.07, 6.45) is -4.22. The van der Waals surface area contributed by atoms with E-state index in [4.69, 9.17) is 5.26 Å². The second-order valence-corrected chi connectivity index (χ2v) is 4.29. The van der Waals surface area contributed by atoms with Gasteiger partial charge in [-0.1, -0.05) is 35.9 Å². The molecule has 0 aromatic heterocycles. The van der Waals surface area contributed by atoms with Crippen molar-refractivity contribution < 1.29 is 13.2 Å². The highest BCUT2D eigenvalue weighted by molar-refractivity contribution is 5.30. The minimum absolute atomic E-state index is 0.264. The maximum atomic E-state index is 12.0. The number of alkyl halides is 3. The zero-order chi connectivity index (χ0) is 15.2. The van der Waals surface area contributed by atoms with Crippen LogP contribution in [0.5, 0.6) is 0 Å². The van der Waals surface area contributed by atoms with Gasteiger partial charge in [0.2, 0.25) is 0 Å². The number of hydrogen-bond donors (Lipinski definition) is 0. The number of halogens is 3. The first-order valence-corrected chi connectivity index (χ1v) is 5.94. The average molecular weight is 277 g/mol. The van der Waals surface area contributed by atoms with Crippen LogP contribution in [-0.4, -0.2) is 0 Å². The van der Waals surface area contributed by atoms with Crippen molar-refractivity contribution in [1.29, 1.82) is 5.26 Å². The van der Waals surface area contributed by atoms with E-state index in [9.17, 15) is 13.2 Å². The number of nitriles is 1. The Hall–Kier alpha value is -2.28. The highest BCUT2D eigenvalue weighted by Gasteiger charge is 2.31. The summed E-state index contributed by atoms with van der Waals surface area (Å²) in [5, 5.41) is 8.38.